The van der Waals surface area contributed by atoms with Crippen LogP contribution in [0.5, 0.6) is 11.5 Å². The molecule has 142 valence electrons. The molecular weight excluding hydrogens is 329 g/mol. The molecule has 2 rings (SSSR count). The summed E-state index contributed by atoms with van der Waals surface area (Å²) in [6.07, 6.45) is 6.45. The van der Waals surface area contributed by atoms with E-state index in [1.807, 2.05) is 18.2 Å². The zero-order valence-electron chi connectivity index (χ0n) is 15.9. The van der Waals surface area contributed by atoms with Crippen LogP contribution in [-0.4, -0.2) is 13.7 Å². The molecule has 0 aromatic heterocycles. The van der Waals surface area contributed by atoms with Gasteiger partial charge < -0.3 is 14.8 Å². The van der Waals surface area contributed by atoms with Gasteiger partial charge in [0.2, 0.25) is 0 Å². The largest absolute Gasteiger partial charge is 0.493 e. The molecule has 1 N–H and O–H groups in total. The van der Waals surface area contributed by atoms with Crippen molar-refractivity contribution in [3.8, 4) is 11.5 Å². The van der Waals surface area contributed by atoms with Crippen LogP contribution in [0.3, 0.4) is 0 Å². The van der Waals surface area contributed by atoms with Gasteiger partial charge in [0.1, 0.15) is 12.4 Å². The minimum absolute atomic E-state index is 0.242. The van der Waals surface area contributed by atoms with Gasteiger partial charge in [-0.25, -0.2) is 4.39 Å². The van der Waals surface area contributed by atoms with Crippen molar-refractivity contribution in [2.45, 2.75) is 52.2 Å². The van der Waals surface area contributed by atoms with Crippen molar-refractivity contribution < 1.29 is 13.9 Å². The summed E-state index contributed by atoms with van der Waals surface area (Å²) in [5.41, 5.74) is 2.09. The topological polar surface area (TPSA) is 30.5 Å². The first kappa shape index (κ1) is 20.2. The van der Waals surface area contributed by atoms with Crippen molar-refractivity contribution in [1.29, 1.82) is 0 Å². The van der Waals surface area contributed by atoms with E-state index in [0.717, 1.165) is 18.7 Å². The molecule has 0 bridgehead atoms. The van der Waals surface area contributed by atoms with Gasteiger partial charge in [0.25, 0.3) is 0 Å². The summed E-state index contributed by atoms with van der Waals surface area (Å²) in [4.78, 5) is 0. The fourth-order valence-electron chi connectivity index (χ4n) is 2.77. The van der Waals surface area contributed by atoms with Crippen LogP contribution < -0.4 is 14.8 Å². The number of hydrogen-bond donors (Lipinski definition) is 1. The summed E-state index contributed by atoms with van der Waals surface area (Å²) in [5.74, 6) is 1.17. The lowest BCUT2D eigenvalue weighted by Crippen LogP contribution is -2.14. The third-order valence-corrected chi connectivity index (χ3v) is 4.32. The number of unbranched alkanes of at least 4 members (excludes halogenated alkanes) is 4. The zero-order valence-corrected chi connectivity index (χ0v) is 15.9. The number of ether oxygens (including phenoxy) is 2. The molecule has 0 fully saturated rings. The Hall–Kier alpha value is -2.07. The van der Waals surface area contributed by atoms with Crippen LogP contribution in [0.4, 0.5) is 4.39 Å². The van der Waals surface area contributed by atoms with Gasteiger partial charge >= 0.3 is 0 Å². The van der Waals surface area contributed by atoms with Crippen LogP contribution >= 0.6 is 0 Å². The average molecular weight is 359 g/mol. The standard InChI is InChI=1S/C22H30FNO2/c1-3-4-5-6-7-14-24-16-19-10-13-21(22(15-19)25-2)26-17-18-8-11-20(23)12-9-18/h8-13,15,24H,3-7,14,16-17H2,1-2H3. The molecule has 3 nitrogen and oxygen atoms in total. The van der Waals surface area contributed by atoms with E-state index in [0.29, 0.717) is 18.1 Å². The first-order valence-electron chi connectivity index (χ1n) is 9.47. The molecular formula is C22H30FNO2. The van der Waals surface area contributed by atoms with Gasteiger partial charge in [-0.3, -0.25) is 0 Å². The predicted molar refractivity (Wildman–Crippen MR) is 104 cm³/mol. The maximum Gasteiger partial charge on any atom is 0.161 e. The lowest BCUT2D eigenvalue weighted by Gasteiger charge is -2.13. The molecule has 0 radical (unpaired) electrons. The van der Waals surface area contributed by atoms with E-state index in [-0.39, 0.29) is 5.82 Å². The Balaban J connectivity index is 1.79. The number of halogens is 1. The number of hydrogen-bond acceptors (Lipinski definition) is 3. The van der Waals surface area contributed by atoms with Crippen LogP contribution in [0.25, 0.3) is 0 Å². The van der Waals surface area contributed by atoms with Gasteiger partial charge in [-0.15, -0.1) is 0 Å². The summed E-state index contributed by atoms with van der Waals surface area (Å²) in [5, 5.41) is 3.48. The molecule has 0 saturated carbocycles. The van der Waals surface area contributed by atoms with Crippen LogP contribution in [-0.2, 0) is 13.2 Å². The Kier molecular flexibility index (Phi) is 8.98. The first-order chi connectivity index (χ1) is 12.7. The number of nitrogens with one attached hydrogen (secondary N) is 1. The minimum Gasteiger partial charge on any atom is -0.493 e. The van der Waals surface area contributed by atoms with E-state index >= 15 is 0 Å². The molecule has 26 heavy (non-hydrogen) atoms. The van der Waals surface area contributed by atoms with Gasteiger partial charge in [-0.05, 0) is 48.4 Å². The van der Waals surface area contributed by atoms with Gasteiger partial charge in [0.05, 0.1) is 7.11 Å². The van der Waals surface area contributed by atoms with Crippen LogP contribution in [0, 0.1) is 5.82 Å². The first-order valence-corrected chi connectivity index (χ1v) is 9.47. The molecule has 0 amide bonds. The number of methoxy groups -OCH3 is 1. The second-order valence-electron chi connectivity index (χ2n) is 6.49. The maximum absolute atomic E-state index is 13.0. The lowest BCUT2D eigenvalue weighted by molar-refractivity contribution is 0.284. The van der Waals surface area contributed by atoms with E-state index < -0.39 is 0 Å². The molecule has 4 heteroatoms. The fraction of sp³-hybridized carbons (Fsp3) is 0.455. The second kappa shape index (κ2) is 11.5. The lowest BCUT2D eigenvalue weighted by atomic mass is 10.1. The maximum atomic E-state index is 13.0. The van der Waals surface area contributed by atoms with Crippen LogP contribution in [0.15, 0.2) is 42.5 Å². The Labute approximate surface area is 156 Å². The quantitative estimate of drug-likeness (QED) is 0.510. The molecule has 0 aliphatic carbocycles. The molecule has 0 unspecified atom stereocenters. The van der Waals surface area contributed by atoms with Crippen molar-refractivity contribution in [1.82, 2.24) is 5.32 Å². The minimum atomic E-state index is -0.242. The highest BCUT2D eigenvalue weighted by Gasteiger charge is 2.06. The van der Waals surface area contributed by atoms with E-state index in [4.69, 9.17) is 9.47 Å². The monoisotopic (exact) mass is 359 g/mol. The van der Waals surface area contributed by atoms with E-state index in [1.165, 1.54) is 49.8 Å². The van der Waals surface area contributed by atoms with Crippen molar-refractivity contribution in [3.63, 3.8) is 0 Å². The van der Waals surface area contributed by atoms with Gasteiger partial charge in [0.15, 0.2) is 11.5 Å². The summed E-state index contributed by atoms with van der Waals surface area (Å²) < 4.78 is 24.2. The van der Waals surface area contributed by atoms with Gasteiger partial charge in [-0.1, -0.05) is 50.8 Å². The van der Waals surface area contributed by atoms with Crippen LogP contribution in [0.2, 0.25) is 0 Å². The summed E-state index contributed by atoms with van der Waals surface area (Å²) in [6.45, 7) is 4.47. The summed E-state index contributed by atoms with van der Waals surface area (Å²) >= 11 is 0. The molecule has 2 aromatic carbocycles. The average Bonchev–Trinajstić information content (AvgIpc) is 2.67. The second-order valence-corrected chi connectivity index (χ2v) is 6.49. The summed E-state index contributed by atoms with van der Waals surface area (Å²) in [7, 11) is 1.64. The fourth-order valence-corrected chi connectivity index (χ4v) is 2.77. The molecule has 0 saturated heterocycles. The number of benzene rings is 2. The van der Waals surface area contributed by atoms with Crippen molar-refractivity contribution in [3.05, 3.63) is 59.4 Å². The van der Waals surface area contributed by atoms with Crippen molar-refractivity contribution in [2.24, 2.45) is 0 Å². The molecule has 0 aliphatic rings. The zero-order chi connectivity index (χ0) is 18.6. The molecule has 2 aromatic rings. The third-order valence-electron chi connectivity index (χ3n) is 4.32. The van der Waals surface area contributed by atoms with E-state index in [1.54, 1.807) is 19.2 Å². The van der Waals surface area contributed by atoms with Crippen LogP contribution in [0.1, 0.15) is 50.2 Å². The van der Waals surface area contributed by atoms with Crippen molar-refractivity contribution in [2.75, 3.05) is 13.7 Å². The highest BCUT2D eigenvalue weighted by atomic mass is 19.1. The molecule has 0 atom stereocenters. The molecule has 0 aliphatic heterocycles. The Morgan fingerprint density at radius 2 is 1.62 bits per heavy atom. The summed E-state index contributed by atoms with van der Waals surface area (Å²) in [6, 6.07) is 12.3. The van der Waals surface area contributed by atoms with Gasteiger partial charge in [0, 0.05) is 6.54 Å². The molecule has 0 heterocycles. The highest BCUT2D eigenvalue weighted by molar-refractivity contribution is 5.43. The highest BCUT2D eigenvalue weighted by Crippen LogP contribution is 2.28. The third kappa shape index (κ3) is 7.04. The Bertz CT molecular complexity index is 643. The van der Waals surface area contributed by atoms with Gasteiger partial charge in [-0.2, -0.15) is 0 Å². The normalized spacial score (nSPS) is 10.7. The Morgan fingerprint density at radius 3 is 2.35 bits per heavy atom. The smallest absolute Gasteiger partial charge is 0.161 e. The Morgan fingerprint density at radius 1 is 0.885 bits per heavy atom. The van der Waals surface area contributed by atoms with E-state index in [2.05, 4.69) is 12.2 Å². The number of rotatable bonds is 12. The SMILES string of the molecule is CCCCCCCNCc1ccc(OCc2ccc(F)cc2)c(OC)c1. The molecule has 0 spiro atoms. The predicted octanol–water partition coefficient (Wildman–Crippen LogP) is 5.47. The van der Waals surface area contributed by atoms with E-state index in [9.17, 15) is 4.39 Å². The van der Waals surface area contributed by atoms with Crippen molar-refractivity contribution >= 4 is 0 Å².